The van der Waals surface area contributed by atoms with Gasteiger partial charge < -0.3 is 39.8 Å². The van der Waals surface area contributed by atoms with Crippen molar-refractivity contribution in [3.05, 3.63) is 167 Å². The lowest BCUT2D eigenvalue weighted by atomic mass is 9.76. The molecule has 1 aliphatic rings. The van der Waals surface area contributed by atoms with Crippen LogP contribution in [-0.4, -0.2) is 103 Å². The Morgan fingerprint density at radius 1 is 0.525 bits per heavy atom. The molecule has 6 amide bonds. The lowest BCUT2D eigenvalue weighted by Gasteiger charge is -2.40. The molecule has 0 aromatic heterocycles. The molecule has 0 fully saturated rings. The van der Waals surface area contributed by atoms with Gasteiger partial charge >= 0.3 is 24.4 Å². The number of nitrogens with zero attached hydrogens (tertiary/aromatic N) is 2. The van der Waals surface area contributed by atoms with Gasteiger partial charge in [-0.05, 0) is 133 Å². The molecule has 0 radical (unpaired) electrons. The molecule has 80 heavy (non-hydrogen) atoms. The monoisotopic (exact) mass is 1090 g/mol. The molecule has 0 unspecified atom stereocenters. The molecule has 1 atom stereocenters. The van der Waals surface area contributed by atoms with E-state index >= 15 is 4.79 Å². The van der Waals surface area contributed by atoms with Crippen molar-refractivity contribution in [1.29, 1.82) is 0 Å². The second-order valence-corrected chi connectivity index (χ2v) is 22.6. The standard InChI is InChI=1S/C63H79N7O10/c1-60(2,3)78-57(74)65-40-25-23-37-52(54(72)69-63(44-27-13-10-14-28-44,45-29-15-11-16-30-45)46-31-17-12-18-32-46)70(42-41-66-56(73)77-43-51-49-35-21-19-33-47(49)48-34-20-22-36-50(48)51)53(71)38-24-26-39-64-55(67-58(75)79-61(4,5)6)68-59(76)80-62(7,8)9/h10-22,27-36,51-52H,23-26,37-43H2,1-9H3,(H,65,74)(H,66,73)(H,69,72)(H2,64,67,68,75,76)/t52-/m0/s1. The number of carbonyl (C=O) groups excluding carboxylic acids is 6. The Morgan fingerprint density at radius 3 is 1.46 bits per heavy atom. The van der Waals surface area contributed by atoms with E-state index in [0.717, 1.165) is 38.9 Å². The fourth-order valence-corrected chi connectivity index (χ4v) is 9.46. The predicted octanol–water partition coefficient (Wildman–Crippen LogP) is 11.1. The van der Waals surface area contributed by atoms with Crippen molar-refractivity contribution in [2.24, 2.45) is 4.99 Å². The maximum Gasteiger partial charge on any atom is 0.414 e. The summed E-state index contributed by atoms with van der Waals surface area (Å²) in [5.74, 6) is -1.20. The number of hydrogen-bond donors (Lipinski definition) is 5. The van der Waals surface area contributed by atoms with Crippen LogP contribution >= 0.6 is 0 Å². The molecule has 0 heterocycles. The molecule has 5 aromatic carbocycles. The van der Waals surface area contributed by atoms with E-state index in [0.29, 0.717) is 19.3 Å². The fourth-order valence-electron chi connectivity index (χ4n) is 9.46. The number of ether oxygens (including phenoxy) is 4. The molecule has 0 bridgehead atoms. The summed E-state index contributed by atoms with van der Waals surface area (Å²) in [6.07, 6.45) is -1.36. The lowest BCUT2D eigenvalue weighted by Crippen LogP contribution is -2.57. The summed E-state index contributed by atoms with van der Waals surface area (Å²) in [6, 6.07) is 44.0. The first-order chi connectivity index (χ1) is 38.0. The van der Waals surface area contributed by atoms with E-state index in [1.165, 1.54) is 4.90 Å². The van der Waals surface area contributed by atoms with Gasteiger partial charge in [-0.1, -0.05) is 140 Å². The number of amides is 6. The number of carbonyl (C=O) groups is 6. The molecule has 0 spiro atoms. The molecule has 6 rings (SSSR count). The van der Waals surface area contributed by atoms with Crippen LogP contribution in [0.4, 0.5) is 19.2 Å². The third kappa shape index (κ3) is 18.2. The Hall–Kier alpha value is -8.21. The van der Waals surface area contributed by atoms with Gasteiger partial charge in [0.1, 0.15) is 35.0 Å². The van der Waals surface area contributed by atoms with Crippen LogP contribution in [0.25, 0.3) is 11.1 Å². The largest absolute Gasteiger partial charge is 0.449 e. The minimum Gasteiger partial charge on any atom is -0.449 e. The molecule has 0 saturated heterocycles. The topological polar surface area (TPSA) is 215 Å². The normalized spacial score (nSPS) is 12.6. The van der Waals surface area contributed by atoms with Gasteiger partial charge in [0.25, 0.3) is 0 Å². The number of aliphatic imine (C=N–C) groups is 1. The fraction of sp³-hybridized carbons (Fsp3) is 0.413. The van der Waals surface area contributed by atoms with Gasteiger partial charge in [0.05, 0.1) is 0 Å². The van der Waals surface area contributed by atoms with E-state index in [1.807, 2.05) is 127 Å². The highest BCUT2D eigenvalue weighted by Crippen LogP contribution is 2.44. The number of alkyl carbamates (subject to hydrolysis) is 4. The zero-order valence-corrected chi connectivity index (χ0v) is 47.7. The molecular weight excluding hydrogens is 1010 g/mol. The average Bonchev–Trinajstić information content (AvgIpc) is 3.92. The number of nitrogens with one attached hydrogen (secondary N) is 5. The number of unbranched alkanes of at least 4 members (excludes halogenated alkanes) is 2. The Kier molecular flexibility index (Phi) is 21.4. The van der Waals surface area contributed by atoms with Gasteiger partial charge in [0.2, 0.25) is 17.8 Å². The quantitative estimate of drug-likeness (QED) is 0.0154. The van der Waals surface area contributed by atoms with Crippen LogP contribution in [0, 0.1) is 0 Å². The van der Waals surface area contributed by atoms with E-state index in [2.05, 4.69) is 43.7 Å². The molecule has 17 nitrogen and oxygen atoms in total. The highest BCUT2D eigenvalue weighted by Gasteiger charge is 2.41. The first-order valence-electron chi connectivity index (χ1n) is 27.4. The average molecular weight is 1090 g/mol. The number of hydrogen-bond acceptors (Lipinski definition) is 11. The summed E-state index contributed by atoms with van der Waals surface area (Å²) in [5.41, 5.74) is 3.04. The Morgan fingerprint density at radius 2 is 0.975 bits per heavy atom. The van der Waals surface area contributed by atoms with Crippen molar-refractivity contribution in [2.75, 3.05) is 32.8 Å². The zero-order valence-electron chi connectivity index (χ0n) is 47.7. The first kappa shape index (κ1) is 61.0. The van der Waals surface area contributed by atoms with E-state index in [4.69, 9.17) is 18.9 Å². The van der Waals surface area contributed by atoms with Crippen molar-refractivity contribution in [3.8, 4) is 11.1 Å². The van der Waals surface area contributed by atoms with E-state index in [-0.39, 0.29) is 69.8 Å². The van der Waals surface area contributed by atoms with Crippen molar-refractivity contribution in [1.82, 2.24) is 31.5 Å². The number of fused-ring (bicyclic) bond motifs is 3. The molecule has 426 valence electrons. The SMILES string of the molecule is CC(C)(C)OC(=O)NCCCC[C@@H](C(=O)NC(c1ccccc1)(c1ccccc1)c1ccccc1)N(CCNC(=O)OCC1c2ccccc2-c2ccccc21)C(=O)CCCCN=C(NC(=O)OC(C)(C)C)NC(=O)OC(C)(C)C. The third-order valence-corrected chi connectivity index (χ3v) is 12.8. The lowest BCUT2D eigenvalue weighted by molar-refractivity contribution is -0.141. The maximum absolute atomic E-state index is 15.7. The molecule has 5 aromatic rings. The van der Waals surface area contributed by atoms with Crippen molar-refractivity contribution in [3.63, 3.8) is 0 Å². The summed E-state index contributed by atoms with van der Waals surface area (Å²) < 4.78 is 22.2. The molecule has 0 saturated carbocycles. The maximum atomic E-state index is 15.7. The van der Waals surface area contributed by atoms with Crippen molar-refractivity contribution >= 4 is 42.1 Å². The van der Waals surface area contributed by atoms with E-state index in [1.54, 1.807) is 62.3 Å². The van der Waals surface area contributed by atoms with Crippen LogP contribution < -0.4 is 26.6 Å². The summed E-state index contributed by atoms with van der Waals surface area (Å²) in [5, 5.41) is 14.1. The van der Waals surface area contributed by atoms with Crippen LogP contribution in [-0.2, 0) is 34.1 Å². The smallest absolute Gasteiger partial charge is 0.414 e. The van der Waals surface area contributed by atoms with E-state index in [9.17, 15) is 24.0 Å². The highest BCUT2D eigenvalue weighted by molar-refractivity contribution is 6.01. The second-order valence-electron chi connectivity index (χ2n) is 22.6. The first-order valence-corrected chi connectivity index (χ1v) is 27.4. The Bertz CT molecular complexity index is 2720. The summed E-state index contributed by atoms with van der Waals surface area (Å²) in [7, 11) is 0. The van der Waals surface area contributed by atoms with Crippen LogP contribution in [0.1, 0.15) is 135 Å². The van der Waals surface area contributed by atoms with Gasteiger partial charge in [-0.2, -0.15) is 0 Å². The number of guanidine groups is 1. The van der Waals surface area contributed by atoms with Crippen LogP contribution in [0.2, 0.25) is 0 Å². The van der Waals surface area contributed by atoms with Crippen molar-refractivity contribution in [2.45, 2.75) is 135 Å². The predicted molar refractivity (Wildman–Crippen MR) is 309 cm³/mol. The minimum absolute atomic E-state index is 0.0417. The van der Waals surface area contributed by atoms with Crippen LogP contribution in [0.3, 0.4) is 0 Å². The molecule has 5 N–H and O–H groups in total. The van der Waals surface area contributed by atoms with Crippen LogP contribution in [0.15, 0.2) is 145 Å². The van der Waals surface area contributed by atoms with Gasteiger partial charge in [-0.3, -0.25) is 25.2 Å². The number of rotatable bonds is 21. The molecule has 0 aliphatic heterocycles. The molecular formula is C63H79N7O10. The van der Waals surface area contributed by atoms with Gasteiger partial charge in [-0.15, -0.1) is 0 Å². The second kappa shape index (κ2) is 28.1. The van der Waals surface area contributed by atoms with Gasteiger partial charge in [0, 0.05) is 38.5 Å². The van der Waals surface area contributed by atoms with Gasteiger partial charge in [-0.25, -0.2) is 19.2 Å². The van der Waals surface area contributed by atoms with E-state index < -0.39 is 58.7 Å². The number of benzene rings is 5. The summed E-state index contributed by atoms with van der Waals surface area (Å²) in [4.78, 5) is 88.5. The highest BCUT2D eigenvalue weighted by atomic mass is 16.6. The summed E-state index contributed by atoms with van der Waals surface area (Å²) >= 11 is 0. The molecule has 1 aliphatic carbocycles. The molecule has 17 heteroatoms. The summed E-state index contributed by atoms with van der Waals surface area (Å²) in [6.45, 7) is 15.8. The van der Waals surface area contributed by atoms with Gasteiger partial charge in [0.15, 0.2) is 0 Å². The Labute approximate surface area is 471 Å². The zero-order chi connectivity index (χ0) is 57.9. The van der Waals surface area contributed by atoms with Crippen molar-refractivity contribution < 1.29 is 47.7 Å². The van der Waals surface area contributed by atoms with Crippen LogP contribution in [0.5, 0.6) is 0 Å². The third-order valence-electron chi connectivity index (χ3n) is 12.8. The Balaban J connectivity index is 1.29. The minimum atomic E-state index is -1.23.